The highest BCUT2D eigenvalue weighted by Gasteiger charge is 2.41. The van der Waals surface area contributed by atoms with Gasteiger partial charge in [-0.05, 0) is 154 Å². The summed E-state index contributed by atoms with van der Waals surface area (Å²) in [5.41, 5.74) is 17.2. The van der Waals surface area contributed by atoms with Crippen molar-refractivity contribution in [2.75, 3.05) is 91.0 Å². The molecule has 10 aromatic heterocycles. The monoisotopic (exact) mass is 1820 g/mol. The molecule has 6 aliphatic heterocycles. The van der Waals surface area contributed by atoms with E-state index < -0.39 is 0 Å². The van der Waals surface area contributed by atoms with Crippen LogP contribution in [0, 0.1) is 28.1 Å². The molecule has 5 N–H and O–H groups in total. The van der Waals surface area contributed by atoms with Crippen LogP contribution in [0.4, 0.5) is 29.1 Å². The van der Waals surface area contributed by atoms with Crippen molar-refractivity contribution >= 4 is 149 Å². The van der Waals surface area contributed by atoms with E-state index in [-0.39, 0.29) is 5.91 Å². The maximum Gasteiger partial charge on any atom is 0.253 e. The number of hydrogen-bond donors (Lipinski definition) is 5. The van der Waals surface area contributed by atoms with Crippen LogP contribution in [0.3, 0.4) is 0 Å². The van der Waals surface area contributed by atoms with E-state index in [2.05, 4.69) is 156 Å². The zero-order chi connectivity index (χ0) is 89.1. The highest BCUT2D eigenvalue weighted by atomic mass is 35.5. The number of H-pyrrole nitrogens is 5. The molecule has 21 rings (SSSR count). The summed E-state index contributed by atoms with van der Waals surface area (Å²) in [6.45, 7) is 26.7. The third-order valence-electron chi connectivity index (χ3n) is 26.6. The molecule has 16 heterocycles. The molecule has 1 amide bonds. The predicted molar refractivity (Wildman–Crippen MR) is 516 cm³/mol. The van der Waals surface area contributed by atoms with Crippen molar-refractivity contribution < 1.29 is 4.79 Å². The molecule has 27 nitrogen and oxygen atoms in total. The van der Waals surface area contributed by atoms with Gasteiger partial charge in [-0.2, -0.15) is 25.5 Å². The Bertz CT molecular complexity index is 6410. The first-order valence-corrected chi connectivity index (χ1v) is 46.5. The molecule has 15 aromatic rings. The van der Waals surface area contributed by atoms with Crippen molar-refractivity contribution in [1.29, 1.82) is 0 Å². The third-order valence-corrected chi connectivity index (χ3v) is 28.4. The zero-order valence-electron chi connectivity index (χ0n) is 74.1. The number of halogens is 5. The Morgan fingerprint density at radius 2 is 0.750 bits per heavy atom. The molecule has 3 atom stereocenters. The van der Waals surface area contributed by atoms with E-state index in [4.69, 9.17) is 82.9 Å². The Morgan fingerprint density at radius 3 is 1.19 bits per heavy atom. The lowest BCUT2D eigenvalue weighted by molar-refractivity contribution is 0.0827. The number of nitrogens with one attached hydrogen (secondary N) is 5. The first-order chi connectivity index (χ1) is 61.8. The van der Waals surface area contributed by atoms with Crippen molar-refractivity contribution in [2.24, 2.45) is 28.1 Å². The lowest BCUT2D eigenvalue weighted by Crippen LogP contribution is -2.42. The van der Waals surface area contributed by atoms with Crippen LogP contribution >= 0.6 is 58.0 Å². The van der Waals surface area contributed by atoms with E-state index in [1.165, 1.54) is 77.0 Å². The summed E-state index contributed by atoms with van der Waals surface area (Å²) in [6, 6.07) is 37.3. The summed E-state index contributed by atoms with van der Waals surface area (Å²) in [6.07, 6.45) is 27.4. The molecule has 128 heavy (non-hydrogen) atoms. The van der Waals surface area contributed by atoms with E-state index in [0.717, 1.165) is 191 Å². The summed E-state index contributed by atoms with van der Waals surface area (Å²) >= 11 is 31.4. The fourth-order valence-electron chi connectivity index (χ4n) is 18.3. The van der Waals surface area contributed by atoms with Gasteiger partial charge in [0.2, 0.25) is 28.2 Å². The molecule has 6 saturated heterocycles. The van der Waals surface area contributed by atoms with Crippen LogP contribution in [0.25, 0.3) is 112 Å². The van der Waals surface area contributed by atoms with E-state index in [1.54, 1.807) is 25.1 Å². The van der Waals surface area contributed by atoms with E-state index in [0.29, 0.717) is 92.8 Å². The number of hydrogen-bond acceptors (Lipinski definition) is 21. The fourth-order valence-corrected chi connectivity index (χ4v) is 19.4. The number of nitrogens with zero attached hydrogens (tertiary/aromatic N) is 21. The largest absolute Gasteiger partial charge is 0.355 e. The molecule has 2 bridgehead atoms. The average molecular weight is 1820 g/mol. The van der Waals surface area contributed by atoms with Gasteiger partial charge in [-0.15, -0.1) is 0 Å². The second kappa shape index (κ2) is 38.2. The van der Waals surface area contributed by atoms with Crippen LogP contribution in [-0.2, 0) is 0 Å². The Balaban J connectivity index is 0.000000113. The predicted octanol–water partition coefficient (Wildman–Crippen LogP) is 22.1. The molecule has 0 spiro atoms. The average Bonchev–Trinajstić information content (AvgIpc) is 1.62. The number of anilines is 5. The SMILES string of the molecule is CC1(C)CCCN(c2cnc3c(-c4ccccc4Cl)[nH]nc3n2)CC1.CC1(C)CCN(c2cnc3c(-c4cccc(Cl)c4Cl)[nH]nc3n2)CC1.CC1CC2CCC(C1)N2c1cnc2c(-c3ccccc3Cl)[nH]nc2n1.CC1CCCN(c2cnc3c(-c4ccccc4Cl)[nH]nc3n2)CC1.CCC1(C)CCN(c2cnc3c(-c4ccc(C(=O)N(C)C)cc4)[nH]nc3n2)CC1. The van der Waals surface area contributed by atoms with Crippen LogP contribution in [-0.4, -0.2) is 190 Å². The van der Waals surface area contributed by atoms with Gasteiger partial charge in [-0.3, -0.25) is 30.3 Å². The van der Waals surface area contributed by atoms with E-state index in [1.807, 2.05) is 140 Å². The highest BCUT2D eigenvalue weighted by molar-refractivity contribution is 6.44. The van der Waals surface area contributed by atoms with Gasteiger partial charge in [0.25, 0.3) is 5.91 Å². The molecule has 0 aliphatic carbocycles. The molecule has 6 aliphatic rings. The Morgan fingerprint density at radius 1 is 0.391 bits per heavy atom. The lowest BCUT2D eigenvalue weighted by Gasteiger charge is -2.39. The summed E-state index contributed by atoms with van der Waals surface area (Å²) in [4.78, 5) is 72.3. The van der Waals surface area contributed by atoms with E-state index in [9.17, 15) is 4.79 Å². The third kappa shape index (κ3) is 19.5. The topological polar surface area (TPSA) is 309 Å². The maximum atomic E-state index is 12.1. The van der Waals surface area contributed by atoms with Gasteiger partial charge in [0.05, 0.1) is 84.6 Å². The minimum Gasteiger partial charge on any atom is -0.355 e. The molecule has 32 heteroatoms. The molecule has 5 aromatic carbocycles. The number of fused-ring (bicyclic) bond motifs is 7. The summed E-state index contributed by atoms with van der Waals surface area (Å²) in [5.74, 6) is 6.11. The highest BCUT2D eigenvalue weighted by Crippen LogP contribution is 2.44. The number of benzene rings is 5. The van der Waals surface area contributed by atoms with Crippen LogP contribution in [0.5, 0.6) is 0 Å². The number of carbonyl (C=O) groups excluding carboxylic acids is 1. The first-order valence-electron chi connectivity index (χ1n) is 44.7. The van der Waals surface area contributed by atoms with E-state index >= 15 is 0 Å². The molecule has 664 valence electrons. The lowest BCUT2D eigenvalue weighted by atomic mass is 9.78. The number of carbonyl (C=O) groups is 1. The minimum atomic E-state index is -0.0174. The molecule has 6 fully saturated rings. The summed E-state index contributed by atoms with van der Waals surface area (Å²) in [5, 5.41) is 40.1. The summed E-state index contributed by atoms with van der Waals surface area (Å²) < 4.78 is 0. The van der Waals surface area contributed by atoms with Crippen molar-refractivity contribution in [3.63, 3.8) is 0 Å². The normalized spacial score (nSPS) is 19.0. The van der Waals surface area contributed by atoms with Crippen LogP contribution in [0.1, 0.15) is 162 Å². The maximum absolute atomic E-state index is 12.1. The van der Waals surface area contributed by atoms with Gasteiger partial charge in [0.15, 0.2) is 0 Å². The number of piperidine rings is 3. The Labute approximate surface area is 770 Å². The van der Waals surface area contributed by atoms with Gasteiger partial charge in [-0.1, -0.05) is 199 Å². The first kappa shape index (κ1) is 88.8. The van der Waals surface area contributed by atoms with Crippen LogP contribution in [0.15, 0.2) is 146 Å². The number of rotatable bonds is 12. The van der Waals surface area contributed by atoms with Gasteiger partial charge < -0.3 is 29.4 Å². The van der Waals surface area contributed by atoms with Gasteiger partial charge in [0, 0.05) is 112 Å². The van der Waals surface area contributed by atoms with Crippen LogP contribution in [0.2, 0.25) is 25.1 Å². The fraction of sp³-hybridized carbons (Fsp3) is 0.417. The second-order valence-electron chi connectivity index (χ2n) is 37.0. The number of aromatic nitrogens is 20. The molecule has 0 saturated carbocycles. The number of aromatic amines is 5. The number of amides is 1. The minimum absolute atomic E-state index is 0.0174. The summed E-state index contributed by atoms with van der Waals surface area (Å²) in [7, 11) is 3.49. The van der Waals surface area contributed by atoms with Crippen molar-refractivity contribution in [1.82, 2.24) is 106 Å². The zero-order valence-corrected chi connectivity index (χ0v) is 77.9. The molecule has 3 unspecified atom stereocenters. The molecular formula is C96H109Cl5N26O. The van der Waals surface area contributed by atoms with Crippen molar-refractivity contribution in [2.45, 2.75) is 164 Å². The van der Waals surface area contributed by atoms with Gasteiger partial charge >= 0.3 is 0 Å². The smallest absolute Gasteiger partial charge is 0.253 e. The molecular weight excluding hydrogens is 1710 g/mol. The van der Waals surface area contributed by atoms with Crippen molar-refractivity contribution in [3.05, 3.63) is 177 Å². The Kier molecular flexibility index (Phi) is 26.5. The van der Waals surface area contributed by atoms with Gasteiger partial charge in [0.1, 0.15) is 56.7 Å². The standard InChI is InChI=1S/C22H28N6O.C19H20ClN5.C19H22ClN5.C18H19Cl2N5.C18H20ClN5/c1-5-22(2)10-12-28(13-11-22)17-14-23-19-18(25-26-20(19)24-17)15-6-8-16(9-7-15)21(29)27(3)4;1-11-8-12-6-7-13(9-11)25(12)16-10-21-18-17(23-24-19(18)22-16)14-4-2-3-5-15(14)20;1-19(2)8-5-10-25(11-9-19)15-12-21-17-16(23-24-18(17)22-15)13-6-3-4-7-14(13)20;1-18(2)6-8-25(9-7-18)13-10-21-16-15(23-24-17(16)22-13)11-4-3-5-12(19)14(11)20;1-12-5-4-9-24(10-8-12)15-11-20-17-16(22-23-18(17)21-15)13-6-2-3-7-14(13)19/h6-9,14H,5,10-13H2,1-4H3,(H,24,25,26);2-5,10-13H,6-9H2,1H3,(H,22,23,24);3-4,6-7,12H,5,8-11H2,1-2H3,(H,22,23,24);3-5,10H,6-9H2,1-2H3,(H,22,23,24);2-3,6-7,11-12H,4-5,8-10H2,1H3,(H,21,22,23). The Hall–Kier alpha value is -11.2. The second-order valence-corrected chi connectivity index (χ2v) is 39.0. The molecule has 0 radical (unpaired) electrons. The van der Waals surface area contributed by atoms with Crippen molar-refractivity contribution in [3.8, 4) is 56.3 Å². The van der Waals surface area contributed by atoms with Crippen LogP contribution < -0.4 is 24.5 Å². The van der Waals surface area contributed by atoms with Gasteiger partial charge in [-0.25, -0.2) is 49.8 Å². The quantitative estimate of drug-likeness (QED) is 0.0759.